The fourth-order valence-corrected chi connectivity index (χ4v) is 2.77. The Morgan fingerprint density at radius 3 is 1.35 bits per heavy atom. The summed E-state index contributed by atoms with van der Waals surface area (Å²) in [5.41, 5.74) is 2.68. The molecule has 26 heavy (non-hydrogen) atoms. The van der Waals surface area contributed by atoms with Crippen molar-refractivity contribution in [1.29, 1.82) is 0 Å². The minimum absolute atomic E-state index is 0.547. The van der Waals surface area contributed by atoms with E-state index >= 15 is 0 Å². The molecule has 0 aliphatic carbocycles. The fraction of sp³-hybridized carbons (Fsp3) is 0.500. The Labute approximate surface area is 166 Å². The Hall–Kier alpha value is -1.20. The van der Waals surface area contributed by atoms with Crippen LogP contribution in [0.3, 0.4) is 0 Å². The van der Waals surface area contributed by atoms with Gasteiger partial charge in [-0.05, 0) is 24.0 Å². The van der Waals surface area contributed by atoms with Gasteiger partial charge in [0.25, 0.3) is 0 Å². The molecule has 0 saturated heterocycles. The summed E-state index contributed by atoms with van der Waals surface area (Å²) >= 11 is 11.2. The molecule has 0 aromatic carbocycles. The lowest BCUT2D eigenvalue weighted by molar-refractivity contribution is -0.698. The molecule has 0 N–H and O–H groups in total. The molecule has 2 aromatic heterocycles. The molecule has 142 valence electrons. The SMILES string of the molecule is ClCCOCC[n+]1ccc(CCc2cc[n+](CCOCCCl)cc2)cc1. The van der Waals surface area contributed by atoms with Crippen molar-refractivity contribution in [2.24, 2.45) is 0 Å². The van der Waals surface area contributed by atoms with E-state index in [0.717, 1.165) is 25.9 Å². The van der Waals surface area contributed by atoms with Crippen LogP contribution >= 0.6 is 23.2 Å². The van der Waals surface area contributed by atoms with E-state index in [1.807, 2.05) is 0 Å². The largest absolute Gasteiger partial charge is 0.374 e. The number of alkyl halides is 2. The minimum atomic E-state index is 0.547. The highest BCUT2D eigenvalue weighted by Gasteiger charge is 2.04. The lowest BCUT2D eigenvalue weighted by Gasteiger charge is -2.03. The Bertz CT molecular complexity index is 551. The van der Waals surface area contributed by atoms with Crippen molar-refractivity contribution in [3.8, 4) is 0 Å². The third-order valence-corrected chi connectivity index (χ3v) is 4.36. The summed E-state index contributed by atoms with van der Waals surface area (Å²) in [5, 5.41) is 0. The summed E-state index contributed by atoms with van der Waals surface area (Å²) < 4.78 is 15.1. The van der Waals surface area contributed by atoms with Crippen molar-refractivity contribution in [2.75, 3.05) is 38.2 Å². The highest BCUT2D eigenvalue weighted by molar-refractivity contribution is 6.18. The number of aryl methyl sites for hydroxylation is 2. The van der Waals surface area contributed by atoms with Gasteiger partial charge >= 0.3 is 0 Å². The third kappa shape index (κ3) is 8.45. The summed E-state index contributed by atoms with van der Waals surface area (Å²) in [4.78, 5) is 0. The average molecular weight is 399 g/mol. The van der Waals surface area contributed by atoms with Crippen LogP contribution in [0.4, 0.5) is 0 Å². The van der Waals surface area contributed by atoms with E-state index in [0.29, 0.717) is 38.2 Å². The standard InChI is InChI=1S/C20H28Cl2N2O2/c21-7-15-25-17-13-23-9-3-19(4-10-23)1-2-20-5-11-24(12-6-20)14-18-26-16-8-22/h3-6,9-12H,1-2,7-8,13-18H2/q+2. The van der Waals surface area contributed by atoms with Crippen LogP contribution in [0.1, 0.15) is 11.1 Å². The molecule has 0 aliphatic heterocycles. The van der Waals surface area contributed by atoms with Crippen LogP contribution in [0.25, 0.3) is 0 Å². The zero-order chi connectivity index (χ0) is 18.5. The first-order valence-corrected chi connectivity index (χ1v) is 10.1. The van der Waals surface area contributed by atoms with Gasteiger partial charge in [-0.3, -0.25) is 0 Å². The molecule has 0 atom stereocenters. The van der Waals surface area contributed by atoms with Gasteiger partial charge in [0.15, 0.2) is 37.9 Å². The predicted octanol–water partition coefficient (Wildman–Crippen LogP) is 2.56. The molecular formula is C20H28Cl2N2O2+2. The topological polar surface area (TPSA) is 26.2 Å². The highest BCUT2D eigenvalue weighted by atomic mass is 35.5. The molecule has 0 spiro atoms. The summed E-state index contributed by atoms with van der Waals surface area (Å²) in [6, 6.07) is 8.72. The Morgan fingerprint density at radius 1 is 0.615 bits per heavy atom. The summed E-state index contributed by atoms with van der Waals surface area (Å²) in [7, 11) is 0. The number of rotatable bonds is 13. The van der Waals surface area contributed by atoms with Crippen LogP contribution in [0.2, 0.25) is 0 Å². The first-order valence-electron chi connectivity index (χ1n) is 9.05. The molecule has 0 bridgehead atoms. The number of aromatic nitrogens is 2. The Morgan fingerprint density at radius 2 is 1.00 bits per heavy atom. The fourth-order valence-electron chi connectivity index (χ4n) is 2.55. The van der Waals surface area contributed by atoms with Crippen molar-refractivity contribution in [2.45, 2.75) is 25.9 Å². The second-order valence-electron chi connectivity index (χ2n) is 5.99. The van der Waals surface area contributed by atoms with Crippen LogP contribution in [-0.4, -0.2) is 38.2 Å². The van der Waals surface area contributed by atoms with Crippen molar-refractivity contribution in [1.82, 2.24) is 0 Å². The molecular weight excluding hydrogens is 371 g/mol. The van der Waals surface area contributed by atoms with Crippen molar-refractivity contribution < 1.29 is 18.6 Å². The maximum Gasteiger partial charge on any atom is 0.171 e. The zero-order valence-corrected chi connectivity index (χ0v) is 16.7. The van der Waals surface area contributed by atoms with E-state index in [9.17, 15) is 0 Å². The minimum Gasteiger partial charge on any atom is -0.374 e. The summed E-state index contributed by atoms with van der Waals surface area (Å²) in [6.07, 6.45) is 10.5. The molecule has 0 amide bonds. The lowest BCUT2D eigenvalue weighted by Crippen LogP contribution is -2.35. The molecule has 0 fully saturated rings. The maximum atomic E-state index is 5.59. The van der Waals surface area contributed by atoms with Crippen LogP contribution < -0.4 is 9.13 Å². The quantitative estimate of drug-likeness (QED) is 0.294. The number of pyridine rings is 2. The van der Waals surface area contributed by atoms with Crippen LogP contribution in [-0.2, 0) is 35.4 Å². The number of halogens is 2. The monoisotopic (exact) mass is 398 g/mol. The van der Waals surface area contributed by atoms with Gasteiger partial charge in [0.05, 0.1) is 13.2 Å². The van der Waals surface area contributed by atoms with Gasteiger partial charge in [-0.2, -0.15) is 0 Å². The van der Waals surface area contributed by atoms with Crippen molar-refractivity contribution in [3.05, 3.63) is 60.2 Å². The Balaban J connectivity index is 1.70. The second kappa shape index (κ2) is 13.0. The average Bonchev–Trinajstić information content (AvgIpc) is 2.69. The van der Waals surface area contributed by atoms with Gasteiger partial charge in [0.2, 0.25) is 0 Å². The molecule has 0 aliphatic rings. The number of ether oxygens (including phenoxy) is 2. The summed E-state index contributed by atoms with van der Waals surface area (Å²) in [5.74, 6) is 1.09. The molecule has 0 saturated carbocycles. The first kappa shape index (κ1) is 21.1. The summed E-state index contributed by atoms with van der Waals surface area (Å²) in [6.45, 7) is 4.31. The zero-order valence-electron chi connectivity index (χ0n) is 15.2. The van der Waals surface area contributed by atoms with Gasteiger partial charge in [0.1, 0.15) is 13.2 Å². The number of hydrogen-bond acceptors (Lipinski definition) is 2. The molecule has 6 heteroatoms. The van der Waals surface area contributed by atoms with Gasteiger partial charge in [-0.25, -0.2) is 9.13 Å². The molecule has 2 heterocycles. The van der Waals surface area contributed by atoms with E-state index < -0.39 is 0 Å². The lowest BCUT2D eigenvalue weighted by atomic mass is 10.1. The number of hydrogen-bond donors (Lipinski definition) is 0. The molecule has 2 rings (SSSR count). The van der Waals surface area contributed by atoms with Gasteiger partial charge in [0, 0.05) is 36.0 Å². The molecule has 0 unspecified atom stereocenters. The van der Waals surface area contributed by atoms with Crippen molar-refractivity contribution >= 4 is 23.2 Å². The van der Waals surface area contributed by atoms with Gasteiger partial charge in [-0.15, -0.1) is 23.2 Å². The van der Waals surface area contributed by atoms with Crippen molar-refractivity contribution in [3.63, 3.8) is 0 Å². The van der Waals surface area contributed by atoms with E-state index in [1.165, 1.54) is 11.1 Å². The number of nitrogens with zero attached hydrogens (tertiary/aromatic N) is 2. The first-order chi connectivity index (χ1) is 12.8. The van der Waals surface area contributed by atoms with Crippen LogP contribution in [0, 0.1) is 0 Å². The van der Waals surface area contributed by atoms with E-state index in [-0.39, 0.29) is 0 Å². The molecule has 4 nitrogen and oxygen atoms in total. The van der Waals surface area contributed by atoms with Crippen LogP contribution in [0.5, 0.6) is 0 Å². The van der Waals surface area contributed by atoms with E-state index in [1.54, 1.807) is 0 Å². The van der Waals surface area contributed by atoms with Gasteiger partial charge < -0.3 is 9.47 Å². The smallest absolute Gasteiger partial charge is 0.171 e. The third-order valence-electron chi connectivity index (χ3n) is 4.05. The van der Waals surface area contributed by atoms with E-state index in [2.05, 4.69) is 58.2 Å². The predicted molar refractivity (Wildman–Crippen MR) is 104 cm³/mol. The molecule has 0 radical (unpaired) electrons. The maximum absolute atomic E-state index is 5.59. The highest BCUT2D eigenvalue weighted by Crippen LogP contribution is 2.04. The van der Waals surface area contributed by atoms with E-state index in [4.69, 9.17) is 32.7 Å². The van der Waals surface area contributed by atoms with Gasteiger partial charge in [-0.1, -0.05) is 0 Å². The normalized spacial score (nSPS) is 11.0. The Kier molecular flexibility index (Phi) is 10.6. The second-order valence-corrected chi connectivity index (χ2v) is 6.75. The molecule has 2 aromatic rings. The van der Waals surface area contributed by atoms with Crippen LogP contribution in [0.15, 0.2) is 49.1 Å².